The summed E-state index contributed by atoms with van der Waals surface area (Å²) in [6, 6.07) is 9.61. The van der Waals surface area contributed by atoms with E-state index in [0.29, 0.717) is 6.54 Å². The maximum absolute atomic E-state index is 12.0. The summed E-state index contributed by atoms with van der Waals surface area (Å²) >= 11 is 0. The maximum Gasteiger partial charge on any atom is 0.227 e. The number of carbonyl (C=O) groups is 1. The fourth-order valence-corrected chi connectivity index (χ4v) is 2.99. The van der Waals surface area contributed by atoms with E-state index in [9.17, 15) is 9.90 Å². The molecule has 1 aromatic carbocycles. The van der Waals surface area contributed by atoms with Gasteiger partial charge in [0.25, 0.3) is 0 Å². The van der Waals surface area contributed by atoms with E-state index in [1.54, 1.807) is 6.20 Å². The maximum atomic E-state index is 12.0. The number of anilines is 1. The Labute approximate surface area is 130 Å². The predicted molar refractivity (Wildman–Crippen MR) is 84.4 cm³/mol. The van der Waals surface area contributed by atoms with Crippen molar-refractivity contribution >= 4 is 11.6 Å². The van der Waals surface area contributed by atoms with E-state index in [2.05, 4.69) is 10.4 Å². The molecule has 22 heavy (non-hydrogen) atoms. The quantitative estimate of drug-likeness (QED) is 0.891. The highest BCUT2D eigenvalue weighted by molar-refractivity contribution is 5.91. The third-order valence-corrected chi connectivity index (χ3v) is 4.17. The molecule has 0 radical (unpaired) electrons. The van der Waals surface area contributed by atoms with Gasteiger partial charge in [-0.25, -0.2) is 0 Å². The normalized spacial score (nSPS) is 16.6. The molecule has 1 aliphatic carbocycles. The van der Waals surface area contributed by atoms with E-state index in [1.807, 2.05) is 41.2 Å². The number of amides is 1. The van der Waals surface area contributed by atoms with Crippen molar-refractivity contribution in [2.45, 2.75) is 44.2 Å². The first kappa shape index (κ1) is 14.8. The number of carbonyl (C=O) groups excluding carboxylic acids is 1. The molecule has 1 amide bonds. The summed E-state index contributed by atoms with van der Waals surface area (Å²) in [4.78, 5) is 12.0. The van der Waals surface area contributed by atoms with Crippen LogP contribution in [0.1, 0.15) is 37.7 Å². The molecular weight excluding hydrogens is 278 g/mol. The Morgan fingerprint density at radius 2 is 2.00 bits per heavy atom. The van der Waals surface area contributed by atoms with Crippen molar-refractivity contribution in [1.82, 2.24) is 9.78 Å². The van der Waals surface area contributed by atoms with Gasteiger partial charge in [0.15, 0.2) is 0 Å². The van der Waals surface area contributed by atoms with Crippen LogP contribution in [-0.2, 0) is 11.3 Å². The van der Waals surface area contributed by atoms with Gasteiger partial charge in [-0.2, -0.15) is 5.10 Å². The molecule has 0 atom stereocenters. The molecule has 3 rings (SSSR count). The molecule has 0 spiro atoms. The van der Waals surface area contributed by atoms with Crippen molar-refractivity contribution in [1.29, 1.82) is 0 Å². The van der Waals surface area contributed by atoms with Gasteiger partial charge in [0.1, 0.15) is 0 Å². The minimum Gasteiger partial charge on any atom is -0.389 e. The number of aromatic nitrogens is 2. The van der Waals surface area contributed by atoms with E-state index >= 15 is 0 Å². The van der Waals surface area contributed by atoms with Crippen LogP contribution in [0.2, 0.25) is 0 Å². The third kappa shape index (κ3) is 3.74. The Morgan fingerprint density at radius 1 is 1.27 bits per heavy atom. The smallest absolute Gasteiger partial charge is 0.227 e. The largest absolute Gasteiger partial charge is 0.389 e. The Balaban J connectivity index is 1.55. The zero-order valence-corrected chi connectivity index (χ0v) is 12.5. The first-order valence-electron chi connectivity index (χ1n) is 7.72. The molecule has 1 saturated carbocycles. The summed E-state index contributed by atoms with van der Waals surface area (Å²) < 4.78 is 1.85. The van der Waals surface area contributed by atoms with Gasteiger partial charge in [0, 0.05) is 18.1 Å². The lowest BCUT2D eigenvalue weighted by atomic mass is 9.97. The average molecular weight is 299 g/mol. The minimum absolute atomic E-state index is 0.121. The number of hydrogen-bond acceptors (Lipinski definition) is 3. The highest BCUT2D eigenvalue weighted by atomic mass is 16.3. The molecule has 0 aliphatic heterocycles. The average Bonchev–Trinajstić information content (AvgIpc) is 3.13. The van der Waals surface area contributed by atoms with Crippen LogP contribution in [0.3, 0.4) is 0 Å². The SMILES string of the molecule is O=C(CC1(O)CCCC1)Nc1ccc(Cn2cccn2)cc1. The number of nitrogens with one attached hydrogen (secondary N) is 1. The van der Waals surface area contributed by atoms with Crippen LogP contribution < -0.4 is 5.32 Å². The van der Waals surface area contributed by atoms with Gasteiger partial charge in [-0.1, -0.05) is 25.0 Å². The van der Waals surface area contributed by atoms with Gasteiger partial charge in [-0.05, 0) is 36.6 Å². The second-order valence-corrected chi connectivity index (χ2v) is 6.06. The Kier molecular flexibility index (Phi) is 4.24. The molecule has 1 aromatic heterocycles. The van der Waals surface area contributed by atoms with Crippen LogP contribution in [-0.4, -0.2) is 26.4 Å². The van der Waals surface area contributed by atoms with E-state index in [4.69, 9.17) is 0 Å². The van der Waals surface area contributed by atoms with Gasteiger partial charge < -0.3 is 10.4 Å². The van der Waals surface area contributed by atoms with Crippen molar-refractivity contribution < 1.29 is 9.90 Å². The molecule has 1 fully saturated rings. The van der Waals surface area contributed by atoms with Crippen LogP contribution in [0.15, 0.2) is 42.7 Å². The molecule has 0 unspecified atom stereocenters. The summed E-state index contributed by atoms with van der Waals surface area (Å²) in [5.41, 5.74) is 1.08. The standard InChI is InChI=1S/C17H21N3O2/c21-16(12-17(22)8-1-2-9-17)19-15-6-4-14(5-7-15)13-20-11-3-10-18-20/h3-7,10-11,22H,1-2,8-9,12-13H2,(H,19,21). The van der Waals surface area contributed by atoms with Gasteiger partial charge in [-0.3, -0.25) is 9.48 Å². The van der Waals surface area contributed by atoms with Gasteiger partial charge in [0.2, 0.25) is 5.91 Å². The first-order valence-corrected chi connectivity index (χ1v) is 7.72. The zero-order valence-electron chi connectivity index (χ0n) is 12.5. The second-order valence-electron chi connectivity index (χ2n) is 6.06. The fraction of sp³-hybridized carbons (Fsp3) is 0.412. The zero-order chi connectivity index (χ0) is 15.4. The van der Waals surface area contributed by atoms with Gasteiger partial charge in [0.05, 0.1) is 18.6 Å². The number of benzene rings is 1. The van der Waals surface area contributed by atoms with Crippen molar-refractivity contribution in [2.24, 2.45) is 0 Å². The van der Waals surface area contributed by atoms with Crippen molar-refractivity contribution in [2.75, 3.05) is 5.32 Å². The number of hydrogen-bond donors (Lipinski definition) is 2. The number of aliphatic hydroxyl groups is 1. The number of nitrogens with zero attached hydrogens (tertiary/aromatic N) is 2. The Morgan fingerprint density at radius 3 is 2.64 bits per heavy atom. The van der Waals surface area contributed by atoms with Crippen LogP contribution in [0.5, 0.6) is 0 Å². The monoisotopic (exact) mass is 299 g/mol. The second kappa shape index (κ2) is 6.32. The lowest BCUT2D eigenvalue weighted by molar-refractivity contribution is -0.120. The van der Waals surface area contributed by atoms with Crippen LogP contribution in [0.25, 0.3) is 0 Å². The molecule has 5 nitrogen and oxygen atoms in total. The van der Waals surface area contributed by atoms with E-state index in [0.717, 1.165) is 36.9 Å². The van der Waals surface area contributed by atoms with Crippen molar-refractivity contribution in [3.63, 3.8) is 0 Å². The van der Waals surface area contributed by atoms with Crippen LogP contribution in [0.4, 0.5) is 5.69 Å². The van der Waals surface area contributed by atoms with Crippen LogP contribution in [0, 0.1) is 0 Å². The number of rotatable bonds is 5. The molecule has 5 heteroatoms. The lowest BCUT2D eigenvalue weighted by Gasteiger charge is -2.21. The first-order chi connectivity index (χ1) is 10.6. The molecule has 1 heterocycles. The summed E-state index contributed by atoms with van der Waals surface area (Å²) in [5.74, 6) is -0.121. The molecule has 2 N–H and O–H groups in total. The molecule has 0 saturated heterocycles. The third-order valence-electron chi connectivity index (χ3n) is 4.17. The van der Waals surface area contributed by atoms with E-state index in [1.165, 1.54) is 0 Å². The summed E-state index contributed by atoms with van der Waals surface area (Å²) in [6.07, 6.45) is 7.31. The van der Waals surface area contributed by atoms with E-state index < -0.39 is 5.60 Å². The molecule has 0 bridgehead atoms. The topological polar surface area (TPSA) is 67.2 Å². The van der Waals surface area contributed by atoms with Crippen LogP contribution >= 0.6 is 0 Å². The van der Waals surface area contributed by atoms with Crippen molar-refractivity contribution in [3.05, 3.63) is 48.3 Å². The fourth-order valence-electron chi connectivity index (χ4n) is 2.99. The Hall–Kier alpha value is -2.14. The molecule has 116 valence electrons. The molecule has 1 aliphatic rings. The lowest BCUT2D eigenvalue weighted by Crippen LogP contribution is -2.30. The van der Waals surface area contributed by atoms with E-state index in [-0.39, 0.29) is 12.3 Å². The summed E-state index contributed by atoms with van der Waals surface area (Å²) in [6.45, 7) is 0.709. The minimum atomic E-state index is -0.801. The molecular formula is C17H21N3O2. The highest BCUT2D eigenvalue weighted by Gasteiger charge is 2.33. The van der Waals surface area contributed by atoms with Gasteiger partial charge >= 0.3 is 0 Å². The van der Waals surface area contributed by atoms with Crippen molar-refractivity contribution in [3.8, 4) is 0 Å². The Bertz CT molecular complexity index is 614. The summed E-state index contributed by atoms with van der Waals surface area (Å²) in [5, 5.41) is 17.3. The predicted octanol–water partition coefficient (Wildman–Crippen LogP) is 2.57. The highest BCUT2D eigenvalue weighted by Crippen LogP contribution is 2.32. The summed E-state index contributed by atoms with van der Waals surface area (Å²) in [7, 11) is 0. The molecule has 2 aromatic rings. The van der Waals surface area contributed by atoms with Gasteiger partial charge in [-0.15, -0.1) is 0 Å².